The van der Waals surface area contributed by atoms with Crippen molar-refractivity contribution >= 4 is 62.2 Å². The number of hydrogen-bond acceptors (Lipinski definition) is 8. The predicted molar refractivity (Wildman–Crippen MR) is 214 cm³/mol. The van der Waals surface area contributed by atoms with Gasteiger partial charge in [0.15, 0.2) is 11.0 Å². The molecule has 5 aromatic rings. The first kappa shape index (κ1) is 36.1. The van der Waals surface area contributed by atoms with Crippen molar-refractivity contribution in [3.8, 4) is 11.5 Å². The highest BCUT2D eigenvalue weighted by atomic mass is 35.5. The van der Waals surface area contributed by atoms with Crippen LogP contribution < -0.4 is 25.4 Å². The van der Waals surface area contributed by atoms with Crippen LogP contribution >= 0.6 is 11.6 Å². The minimum absolute atomic E-state index is 0.0308. The first-order chi connectivity index (χ1) is 26.2. The van der Waals surface area contributed by atoms with Crippen molar-refractivity contribution in [2.45, 2.75) is 43.4 Å². The molecule has 280 valence electrons. The third-order valence-electron chi connectivity index (χ3n) is 11.3. The normalized spacial score (nSPS) is 17.7. The number of nitrogens with one attached hydrogen (secondary N) is 3. The van der Waals surface area contributed by atoms with Crippen LogP contribution in [-0.4, -0.2) is 64.8 Å². The fourth-order valence-corrected chi connectivity index (χ4v) is 9.04. The van der Waals surface area contributed by atoms with Gasteiger partial charge >= 0.3 is 0 Å². The number of rotatable bonds is 10. The van der Waals surface area contributed by atoms with E-state index in [9.17, 15) is 13.4 Å². The lowest BCUT2D eigenvalue weighted by molar-refractivity contribution is 0.0980. The minimum Gasteiger partial charge on any atom is -0.455 e. The number of fused-ring (bicyclic) bond motifs is 1. The fourth-order valence-electron chi connectivity index (χ4n) is 8.08. The maximum Gasteiger partial charge on any atom is 0.266 e. The van der Waals surface area contributed by atoms with Crippen LogP contribution in [0.15, 0.2) is 89.6 Å². The van der Waals surface area contributed by atoms with Crippen molar-refractivity contribution in [3.63, 3.8) is 0 Å². The average Bonchev–Trinajstić information content (AvgIpc) is 3.63. The molecule has 1 amide bonds. The Labute approximate surface area is 321 Å². The number of pyridine rings is 1. The predicted octanol–water partition coefficient (Wildman–Crippen LogP) is 8.15. The van der Waals surface area contributed by atoms with E-state index >= 15 is 0 Å². The number of allylic oxidation sites excluding steroid dienone is 1. The van der Waals surface area contributed by atoms with Gasteiger partial charge in [0.05, 0.1) is 28.0 Å². The van der Waals surface area contributed by atoms with E-state index in [0.717, 1.165) is 67.7 Å². The van der Waals surface area contributed by atoms with Gasteiger partial charge in [-0.25, -0.2) is 13.6 Å². The summed E-state index contributed by atoms with van der Waals surface area (Å²) in [6.45, 7) is 4.33. The number of H-pyrrole nitrogens is 1. The molecule has 1 unspecified atom stereocenters. The van der Waals surface area contributed by atoms with Crippen molar-refractivity contribution in [2.75, 3.05) is 55.7 Å². The van der Waals surface area contributed by atoms with Crippen molar-refractivity contribution in [2.24, 2.45) is 5.41 Å². The number of amides is 1. The summed E-state index contributed by atoms with van der Waals surface area (Å²) in [5.74, 6) is -0.594. The molecule has 1 aliphatic heterocycles. The summed E-state index contributed by atoms with van der Waals surface area (Å²) < 4.78 is 36.7. The standard InChI is InChI=1S/C41H43ClFN7O3S/c1-45-38-35(43)21-32(22-36(38)44)54(52)48-40(51)33-8-7-30(20-37(33)53-31-19-27-10-14-46-39(27)47-24-31)50-17-15-49(16-18-50)25-28-9-13-41(11-2-12-41)23-34(28)26-3-5-29(42)6-4-26/h3-8,10,14,19-22,24,45H,2,9,11-13,15-18,23,25,44H2,1H3,(H,46,47)(H,48,51). The maximum atomic E-state index is 14.6. The first-order valence-electron chi connectivity index (χ1n) is 18.4. The largest absolute Gasteiger partial charge is 0.455 e. The molecule has 10 nitrogen and oxygen atoms in total. The summed E-state index contributed by atoms with van der Waals surface area (Å²) in [7, 11) is -0.552. The van der Waals surface area contributed by atoms with Crippen LogP contribution in [-0.2, 0) is 11.0 Å². The number of aromatic nitrogens is 2. The van der Waals surface area contributed by atoms with Gasteiger partial charge < -0.3 is 25.7 Å². The third-order valence-corrected chi connectivity index (χ3v) is 12.5. The number of benzene rings is 3. The molecule has 1 spiro atoms. The summed E-state index contributed by atoms with van der Waals surface area (Å²) in [6.07, 6.45) is 10.9. The molecule has 0 bridgehead atoms. The third kappa shape index (κ3) is 7.42. The van der Waals surface area contributed by atoms with Crippen LogP contribution in [0.1, 0.15) is 54.4 Å². The van der Waals surface area contributed by atoms with E-state index in [1.165, 1.54) is 42.9 Å². The van der Waals surface area contributed by atoms with Gasteiger partial charge in [0, 0.05) is 68.1 Å². The molecule has 1 atom stereocenters. The second kappa shape index (κ2) is 15.1. The zero-order valence-electron chi connectivity index (χ0n) is 30.1. The Morgan fingerprint density at radius 2 is 1.85 bits per heavy atom. The van der Waals surface area contributed by atoms with Crippen molar-refractivity contribution in [3.05, 3.63) is 107 Å². The van der Waals surface area contributed by atoms with Gasteiger partial charge in [-0.15, -0.1) is 0 Å². The number of hydrogen-bond donors (Lipinski definition) is 4. The van der Waals surface area contributed by atoms with Crippen LogP contribution in [0.4, 0.5) is 21.5 Å². The molecule has 2 fully saturated rings. The lowest BCUT2D eigenvalue weighted by Gasteiger charge is -2.47. The zero-order chi connectivity index (χ0) is 37.4. The maximum absolute atomic E-state index is 14.6. The average molecular weight is 768 g/mol. The van der Waals surface area contributed by atoms with E-state index in [0.29, 0.717) is 16.8 Å². The number of ether oxygens (including phenoxy) is 1. The van der Waals surface area contributed by atoms with Crippen LogP contribution in [0.5, 0.6) is 11.5 Å². The monoisotopic (exact) mass is 767 g/mol. The molecule has 54 heavy (non-hydrogen) atoms. The molecule has 2 aliphatic carbocycles. The summed E-state index contributed by atoms with van der Waals surface area (Å²) in [5, 5.41) is 4.30. The second-order valence-corrected chi connectivity index (χ2v) is 16.2. The van der Waals surface area contributed by atoms with Crippen LogP contribution in [0, 0.1) is 11.2 Å². The molecule has 2 aromatic heterocycles. The van der Waals surface area contributed by atoms with Gasteiger partial charge in [-0.2, -0.15) is 0 Å². The Hall–Kier alpha value is -4.91. The molecule has 3 heterocycles. The van der Waals surface area contributed by atoms with E-state index in [2.05, 4.69) is 41.9 Å². The van der Waals surface area contributed by atoms with E-state index < -0.39 is 22.7 Å². The topological polar surface area (TPSA) is 129 Å². The summed E-state index contributed by atoms with van der Waals surface area (Å²) in [6, 6.07) is 19.9. The van der Waals surface area contributed by atoms with Crippen molar-refractivity contribution in [1.29, 1.82) is 0 Å². The van der Waals surface area contributed by atoms with E-state index in [4.69, 9.17) is 22.1 Å². The highest BCUT2D eigenvalue weighted by Crippen LogP contribution is 2.55. The SMILES string of the molecule is CNc1c(N)cc(S(=O)NC(=O)c2ccc(N3CCN(CC4=C(c5ccc(Cl)cc5)CC5(CCC5)CC4)CC3)cc2Oc2cnc3[nH]ccc3c2)cc1F. The lowest BCUT2D eigenvalue weighted by Crippen LogP contribution is -2.47. The number of nitrogens with two attached hydrogens (primary N) is 1. The van der Waals surface area contributed by atoms with E-state index in [1.54, 1.807) is 31.1 Å². The van der Waals surface area contributed by atoms with E-state index in [1.807, 2.05) is 36.4 Å². The number of halogens is 2. The van der Waals surface area contributed by atoms with Gasteiger partial charge in [-0.1, -0.05) is 35.7 Å². The quantitative estimate of drug-likeness (QED) is 0.105. The fraction of sp³-hybridized carbons (Fsp3) is 0.317. The number of carbonyl (C=O) groups is 1. The number of anilines is 3. The van der Waals surface area contributed by atoms with Gasteiger partial charge in [0.25, 0.3) is 5.91 Å². The molecule has 0 radical (unpaired) electrons. The van der Waals surface area contributed by atoms with Crippen molar-refractivity contribution in [1.82, 2.24) is 19.6 Å². The highest BCUT2D eigenvalue weighted by Gasteiger charge is 2.41. The number of nitrogens with zero attached hydrogens (tertiary/aromatic N) is 3. The Bertz CT molecular complexity index is 2240. The number of carbonyl (C=O) groups excluding carboxylic acids is 1. The zero-order valence-corrected chi connectivity index (χ0v) is 31.7. The van der Waals surface area contributed by atoms with Gasteiger partial charge in [0.1, 0.15) is 23.0 Å². The molecule has 5 N–H and O–H groups in total. The molecule has 8 rings (SSSR count). The van der Waals surface area contributed by atoms with Gasteiger partial charge in [-0.05, 0) is 97.2 Å². The Balaban J connectivity index is 1.01. The molecule has 3 aliphatic rings. The smallest absolute Gasteiger partial charge is 0.266 e. The Morgan fingerprint density at radius 1 is 1.06 bits per heavy atom. The summed E-state index contributed by atoms with van der Waals surface area (Å²) in [4.78, 5) is 26.0. The molecule has 13 heteroatoms. The summed E-state index contributed by atoms with van der Waals surface area (Å²) in [5.41, 5.74) is 12.7. The molecular weight excluding hydrogens is 725 g/mol. The molecular formula is C41H43ClFN7O3S. The lowest BCUT2D eigenvalue weighted by atomic mass is 9.59. The highest BCUT2D eigenvalue weighted by molar-refractivity contribution is 7.83. The van der Waals surface area contributed by atoms with Gasteiger partial charge in [-0.3, -0.25) is 14.4 Å². The minimum atomic E-state index is -2.09. The Kier molecular flexibility index (Phi) is 10.1. The van der Waals surface area contributed by atoms with Crippen LogP contribution in [0.3, 0.4) is 0 Å². The summed E-state index contributed by atoms with van der Waals surface area (Å²) >= 11 is 6.26. The molecule has 1 saturated carbocycles. The number of aromatic amines is 1. The second-order valence-electron chi connectivity index (χ2n) is 14.6. The van der Waals surface area contributed by atoms with Crippen molar-refractivity contribution < 1.29 is 18.1 Å². The number of piperazine rings is 1. The molecule has 3 aromatic carbocycles. The van der Waals surface area contributed by atoms with E-state index in [-0.39, 0.29) is 27.6 Å². The van der Waals surface area contributed by atoms with Crippen LogP contribution in [0.2, 0.25) is 5.02 Å². The number of nitrogen functional groups attached to an aromatic ring is 1. The van der Waals surface area contributed by atoms with Gasteiger partial charge in [0.2, 0.25) is 0 Å². The first-order valence-corrected chi connectivity index (χ1v) is 19.9. The molecule has 1 saturated heterocycles. The van der Waals surface area contributed by atoms with Crippen LogP contribution in [0.25, 0.3) is 16.6 Å². The Morgan fingerprint density at radius 3 is 2.57 bits per heavy atom.